The molecule has 0 aliphatic heterocycles. The summed E-state index contributed by atoms with van der Waals surface area (Å²) in [6, 6.07) is 5.97. The van der Waals surface area contributed by atoms with Crippen molar-refractivity contribution in [2.75, 3.05) is 5.73 Å². The zero-order valence-corrected chi connectivity index (χ0v) is 11.7. The molecule has 16 heavy (non-hydrogen) atoms. The molecule has 5 heteroatoms. The van der Waals surface area contributed by atoms with E-state index in [0.717, 1.165) is 10.0 Å². The minimum atomic E-state index is 0.446. The number of halogens is 2. The highest BCUT2D eigenvalue weighted by Crippen LogP contribution is 2.25. The van der Waals surface area contributed by atoms with Gasteiger partial charge in [0.05, 0.1) is 4.47 Å². The van der Waals surface area contributed by atoms with Crippen molar-refractivity contribution in [1.29, 1.82) is 0 Å². The second kappa shape index (κ2) is 4.51. The third-order valence-electron chi connectivity index (χ3n) is 2.20. The van der Waals surface area contributed by atoms with Crippen molar-refractivity contribution in [1.82, 2.24) is 9.97 Å². The third kappa shape index (κ3) is 2.25. The van der Waals surface area contributed by atoms with Crippen LogP contribution in [0.15, 0.2) is 33.3 Å². The van der Waals surface area contributed by atoms with E-state index >= 15 is 0 Å². The normalized spacial score (nSPS) is 10.4. The zero-order valence-electron chi connectivity index (χ0n) is 8.54. The van der Waals surface area contributed by atoms with Crippen molar-refractivity contribution < 1.29 is 0 Å². The number of nitrogens with two attached hydrogens (primary N) is 1. The fraction of sp³-hybridized carbons (Fsp3) is 0.0909. The number of hydrogen-bond donors (Lipinski definition) is 1. The van der Waals surface area contributed by atoms with E-state index in [4.69, 9.17) is 5.73 Å². The molecule has 2 N–H and O–H groups in total. The molecule has 1 aromatic carbocycles. The molecular weight excluding hydrogens is 334 g/mol. The Kier molecular flexibility index (Phi) is 3.25. The van der Waals surface area contributed by atoms with Gasteiger partial charge in [0.15, 0.2) is 5.82 Å². The number of aromatic nitrogens is 2. The van der Waals surface area contributed by atoms with Crippen molar-refractivity contribution in [3.63, 3.8) is 0 Å². The maximum absolute atomic E-state index is 5.72. The number of benzene rings is 1. The topological polar surface area (TPSA) is 51.8 Å². The van der Waals surface area contributed by atoms with Crippen molar-refractivity contribution in [3.05, 3.63) is 38.9 Å². The number of nitrogens with zero attached hydrogens (tertiary/aromatic N) is 2. The van der Waals surface area contributed by atoms with Gasteiger partial charge in [-0.2, -0.15) is 0 Å². The zero-order chi connectivity index (χ0) is 11.7. The van der Waals surface area contributed by atoms with Gasteiger partial charge in [-0.05, 0) is 34.5 Å². The van der Waals surface area contributed by atoms with Crippen LogP contribution in [-0.2, 0) is 0 Å². The monoisotopic (exact) mass is 341 g/mol. The molecule has 2 aromatic rings. The lowest BCUT2D eigenvalue weighted by molar-refractivity contribution is 1.17. The number of hydrogen-bond acceptors (Lipinski definition) is 3. The molecule has 0 amide bonds. The van der Waals surface area contributed by atoms with E-state index in [1.807, 2.05) is 25.1 Å². The van der Waals surface area contributed by atoms with Gasteiger partial charge < -0.3 is 5.73 Å². The summed E-state index contributed by atoms with van der Waals surface area (Å²) >= 11 is 6.75. The first-order chi connectivity index (χ1) is 7.58. The van der Waals surface area contributed by atoms with Gasteiger partial charge in [-0.3, -0.25) is 0 Å². The smallest absolute Gasteiger partial charge is 0.161 e. The first-order valence-corrected chi connectivity index (χ1v) is 6.21. The van der Waals surface area contributed by atoms with Gasteiger partial charge in [0.1, 0.15) is 5.82 Å². The highest BCUT2D eigenvalue weighted by atomic mass is 79.9. The summed E-state index contributed by atoms with van der Waals surface area (Å²) in [4.78, 5) is 8.43. The third-order valence-corrected chi connectivity index (χ3v) is 3.67. The van der Waals surface area contributed by atoms with Crippen LogP contribution in [0.25, 0.3) is 11.4 Å². The Labute approximate surface area is 110 Å². The molecule has 0 saturated heterocycles. The molecule has 1 heterocycles. The highest BCUT2D eigenvalue weighted by molar-refractivity contribution is 9.10. The van der Waals surface area contributed by atoms with Crippen LogP contribution in [0.4, 0.5) is 5.82 Å². The van der Waals surface area contributed by atoms with Gasteiger partial charge in [-0.1, -0.05) is 28.1 Å². The maximum Gasteiger partial charge on any atom is 0.161 e. The van der Waals surface area contributed by atoms with Crippen molar-refractivity contribution >= 4 is 37.7 Å². The highest BCUT2D eigenvalue weighted by Gasteiger charge is 2.05. The summed E-state index contributed by atoms with van der Waals surface area (Å²) in [5, 5.41) is 0. The van der Waals surface area contributed by atoms with E-state index in [9.17, 15) is 0 Å². The Morgan fingerprint density at radius 2 is 1.94 bits per heavy atom. The van der Waals surface area contributed by atoms with Crippen molar-refractivity contribution in [3.8, 4) is 11.4 Å². The number of rotatable bonds is 1. The quantitative estimate of drug-likeness (QED) is 0.862. The van der Waals surface area contributed by atoms with Crippen molar-refractivity contribution in [2.24, 2.45) is 0 Å². The molecular formula is C11H9Br2N3. The summed E-state index contributed by atoms with van der Waals surface area (Å²) in [5.74, 6) is 1.07. The van der Waals surface area contributed by atoms with E-state index in [2.05, 4.69) is 41.8 Å². The van der Waals surface area contributed by atoms with E-state index in [1.54, 1.807) is 6.20 Å². The molecule has 2 rings (SSSR count). The molecule has 1 aromatic heterocycles. The SMILES string of the molecule is Cc1ccc(-c2ncc(Br)c(N)n2)cc1Br. The lowest BCUT2D eigenvalue weighted by Gasteiger charge is -2.04. The van der Waals surface area contributed by atoms with Crippen LogP contribution in [0.3, 0.4) is 0 Å². The van der Waals surface area contributed by atoms with Crippen LogP contribution in [0, 0.1) is 6.92 Å². The molecule has 0 aliphatic rings. The average Bonchev–Trinajstić information content (AvgIpc) is 2.26. The van der Waals surface area contributed by atoms with Crippen LogP contribution in [-0.4, -0.2) is 9.97 Å². The van der Waals surface area contributed by atoms with E-state index in [-0.39, 0.29) is 0 Å². The number of aryl methyl sites for hydroxylation is 1. The van der Waals surface area contributed by atoms with Crippen LogP contribution in [0.5, 0.6) is 0 Å². The van der Waals surface area contributed by atoms with E-state index < -0.39 is 0 Å². The first-order valence-electron chi connectivity index (χ1n) is 4.62. The molecule has 82 valence electrons. The lowest BCUT2D eigenvalue weighted by Crippen LogP contribution is -1.96. The number of nitrogen functional groups attached to an aromatic ring is 1. The fourth-order valence-electron chi connectivity index (χ4n) is 1.25. The largest absolute Gasteiger partial charge is 0.383 e. The summed E-state index contributed by atoms with van der Waals surface area (Å²) in [6.45, 7) is 2.03. The Morgan fingerprint density at radius 1 is 1.19 bits per heavy atom. The summed E-state index contributed by atoms with van der Waals surface area (Å²) < 4.78 is 1.75. The molecule has 0 radical (unpaired) electrons. The Hall–Kier alpha value is -0.940. The van der Waals surface area contributed by atoms with Gasteiger partial charge in [-0.15, -0.1) is 0 Å². The summed E-state index contributed by atoms with van der Waals surface area (Å²) in [5.41, 5.74) is 7.83. The molecule has 0 fully saturated rings. The Balaban J connectivity index is 2.50. The van der Waals surface area contributed by atoms with Gasteiger partial charge in [-0.25, -0.2) is 9.97 Å². The summed E-state index contributed by atoms with van der Waals surface area (Å²) in [6.07, 6.45) is 1.66. The second-order valence-corrected chi connectivity index (χ2v) is 5.10. The Bertz CT molecular complexity index is 491. The predicted molar refractivity (Wildman–Crippen MR) is 72.0 cm³/mol. The molecule has 0 bridgehead atoms. The predicted octanol–water partition coefficient (Wildman–Crippen LogP) is 3.56. The summed E-state index contributed by atoms with van der Waals surface area (Å²) in [7, 11) is 0. The molecule has 0 aliphatic carbocycles. The molecule has 3 nitrogen and oxygen atoms in total. The molecule has 0 atom stereocenters. The van der Waals surface area contributed by atoms with Gasteiger partial charge in [0.2, 0.25) is 0 Å². The standard InChI is InChI=1S/C11H9Br2N3/c1-6-2-3-7(4-8(6)12)11-15-5-9(13)10(14)16-11/h2-5H,1H3,(H2,14,15,16). The average molecular weight is 343 g/mol. The van der Waals surface area contributed by atoms with Crippen molar-refractivity contribution in [2.45, 2.75) is 6.92 Å². The maximum atomic E-state index is 5.72. The lowest BCUT2D eigenvalue weighted by atomic mass is 10.1. The minimum absolute atomic E-state index is 0.446. The Morgan fingerprint density at radius 3 is 2.56 bits per heavy atom. The van der Waals surface area contributed by atoms with E-state index in [1.165, 1.54) is 5.56 Å². The first kappa shape index (κ1) is 11.5. The fourth-order valence-corrected chi connectivity index (χ4v) is 1.82. The van der Waals surface area contributed by atoms with Gasteiger partial charge >= 0.3 is 0 Å². The molecule has 0 spiro atoms. The second-order valence-electron chi connectivity index (χ2n) is 3.39. The molecule has 0 unspecified atom stereocenters. The van der Waals surface area contributed by atoms with Crippen LogP contribution in [0.2, 0.25) is 0 Å². The van der Waals surface area contributed by atoms with E-state index in [0.29, 0.717) is 16.1 Å². The number of anilines is 1. The molecule has 0 saturated carbocycles. The van der Waals surface area contributed by atoms with Crippen LogP contribution < -0.4 is 5.73 Å². The van der Waals surface area contributed by atoms with Crippen LogP contribution in [0.1, 0.15) is 5.56 Å². The van der Waals surface area contributed by atoms with Gasteiger partial charge in [0, 0.05) is 16.2 Å². The van der Waals surface area contributed by atoms with Gasteiger partial charge in [0.25, 0.3) is 0 Å². The minimum Gasteiger partial charge on any atom is -0.383 e. The van der Waals surface area contributed by atoms with Crippen LogP contribution >= 0.6 is 31.9 Å².